The molecule has 1 N–H and O–H groups in total. The van der Waals surface area contributed by atoms with Gasteiger partial charge in [-0.1, -0.05) is 0 Å². The van der Waals surface area contributed by atoms with Crippen LogP contribution < -0.4 is 16.3 Å². The van der Waals surface area contributed by atoms with E-state index in [1.54, 1.807) is 5.01 Å². The second-order valence-corrected chi connectivity index (χ2v) is 3.00. The van der Waals surface area contributed by atoms with Crippen LogP contribution in [0.5, 0.6) is 0 Å². The van der Waals surface area contributed by atoms with Gasteiger partial charge in [0.1, 0.15) is 0 Å². The number of ether oxygens (including phenoxy) is 1. The van der Waals surface area contributed by atoms with Crippen molar-refractivity contribution in [2.45, 2.75) is 0 Å². The molecule has 1 saturated heterocycles. The number of hydrogen-bond donors (Lipinski definition) is 1. The SMILES string of the molecule is O=c1cc[nH]c(=O)n1N1CCOCC1. The van der Waals surface area contributed by atoms with Crippen molar-refractivity contribution in [1.82, 2.24) is 9.66 Å². The lowest BCUT2D eigenvalue weighted by molar-refractivity contribution is 0.110. The molecule has 0 amide bonds. The van der Waals surface area contributed by atoms with Crippen LogP contribution in [0.3, 0.4) is 0 Å². The summed E-state index contributed by atoms with van der Waals surface area (Å²) in [4.78, 5) is 25.2. The van der Waals surface area contributed by atoms with Crippen LogP contribution in [0, 0.1) is 0 Å². The minimum absolute atomic E-state index is 0.310. The lowest BCUT2D eigenvalue weighted by atomic mass is 10.5. The molecule has 1 aromatic rings. The Morgan fingerprint density at radius 3 is 2.64 bits per heavy atom. The summed E-state index contributed by atoms with van der Waals surface area (Å²) in [6.45, 7) is 2.21. The average molecular weight is 197 g/mol. The van der Waals surface area contributed by atoms with Crippen LogP contribution in [-0.4, -0.2) is 36.0 Å². The van der Waals surface area contributed by atoms with E-state index in [0.29, 0.717) is 26.3 Å². The van der Waals surface area contributed by atoms with Crippen molar-refractivity contribution in [2.75, 3.05) is 31.3 Å². The molecule has 0 saturated carbocycles. The monoisotopic (exact) mass is 197 g/mol. The second kappa shape index (κ2) is 3.67. The van der Waals surface area contributed by atoms with E-state index in [1.165, 1.54) is 12.3 Å². The van der Waals surface area contributed by atoms with Crippen molar-refractivity contribution in [3.05, 3.63) is 33.1 Å². The zero-order valence-electron chi connectivity index (χ0n) is 7.60. The van der Waals surface area contributed by atoms with Crippen molar-refractivity contribution >= 4 is 0 Å². The Hall–Kier alpha value is -1.56. The number of hydrogen-bond acceptors (Lipinski definition) is 4. The van der Waals surface area contributed by atoms with Crippen LogP contribution in [0.2, 0.25) is 0 Å². The van der Waals surface area contributed by atoms with E-state index < -0.39 is 5.69 Å². The largest absolute Gasteiger partial charge is 0.378 e. The number of nitrogens with zero attached hydrogens (tertiary/aromatic N) is 2. The van der Waals surface area contributed by atoms with E-state index in [-0.39, 0.29) is 5.56 Å². The summed E-state index contributed by atoms with van der Waals surface area (Å²) in [5.41, 5.74) is -0.713. The van der Waals surface area contributed by atoms with Crippen LogP contribution in [0.1, 0.15) is 0 Å². The first-order valence-electron chi connectivity index (χ1n) is 4.43. The standard InChI is InChI=1S/C8H11N3O3/c12-7-1-2-9-8(13)11(7)10-3-5-14-6-4-10/h1-2H,3-6H2,(H,9,13). The Morgan fingerprint density at radius 2 is 2.00 bits per heavy atom. The molecule has 2 rings (SSSR count). The van der Waals surface area contributed by atoms with Gasteiger partial charge in [0.2, 0.25) is 0 Å². The van der Waals surface area contributed by atoms with Crippen LogP contribution >= 0.6 is 0 Å². The van der Waals surface area contributed by atoms with Gasteiger partial charge in [0, 0.05) is 12.3 Å². The number of rotatable bonds is 1. The quantitative estimate of drug-likeness (QED) is 0.595. The summed E-state index contributed by atoms with van der Waals surface area (Å²) >= 11 is 0. The zero-order valence-corrected chi connectivity index (χ0v) is 7.60. The predicted molar refractivity (Wildman–Crippen MR) is 50.1 cm³/mol. The summed E-state index contributed by atoms with van der Waals surface area (Å²) in [7, 11) is 0. The maximum absolute atomic E-state index is 11.4. The molecule has 76 valence electrons. The van der Waals surface area contributed by atoms with Gasteiger partial charge in [-0.3, -0.25) is 4.79 Å². The maximum atomic E-state index is 11.4. The van der Waals surface area contributed by atoms with Gasteiger partial charge >= 0.3 is 5.69 Å². The van der Waals surface area contributed by atoms with E-state index in [0.717, 1.165) is 4.68 Å². The van der Waals surface area contributed by atoms with Crippen LogP contribution in [-0.2, 0) is 4.74 Å². The fourth-order valence-corrected chi connectivity index (χ4v) is 1.44. The molecule has 2 heterocycles. The van der Waals surface area contributed by atoms with E-state index in [2.05, 4.69) is 4.98 Å². The fraction of sp³-hybridized carbons (Fsp3) is 0.500. The minimum atomic E-state index is -0.403. The topological polar surface area (TPSA) is 67.3 Å². The molecule has 14 heavy (non-hydrogen) atoms. The lowest BCUT2D eigenvalue weighted by Crippen LogP contribution is -2.54. The first-order chi connectivity index (χ1) is 6.79. The highest BCUT2D eigenvalue weighted by Crippen LogP contribution is 1.91. The van der Waals surface area contributed by atoms with Gasteiger partial charge in [-0.2, -0.15) is 4.68 Å². The Balaban J connectivity index is 2.39. The molecule has 1 fully saturated rings. The molecule has 0 bridgehead atoms. The Labute approximate surface area is 79.7 Å². The third kappa shape index (κ3) is 1.56. The van der Waals surface area contributed by atoms with E-state index in [1.807, 2.05) is 0 Å². The molecule has 0 aromatic carbocycles. The molecule has 1 aliphatic heterocycles. The highest BCUT2D eigenvalue weighted by Gasteiger charge is 2.13. The minimum Gasteiger partial charge on any atom is -0.378 e. The molecular formula is C8H11N3O3. The summed E-state index contributed by atoms with van der Waals surface area (Å²) in [6.07, 6.45) is 1.35. The van der Waals surface area contributed by atoms with Gasteiger partial charge < -0.3 is 14.7 Å². The first kappa shape index (κ1) is 9.01. The normalized spacial score (nSPS) is 17.0. The summed E-state index contributed by atoms with van der Waals surface area (Å²) in [5.74, 6) is 0. The Morgan fingerprint density at radius 1 is 1.29 bits per heavy atom. The molecule has 0 aliphatic carbocycles. The highest BCUT2D eigenvalue weighted by atomic mass is 16.5. The zero-order chi connectivity index (χ0) is 9.97. The molecule has 0 radical (unpaired) electrons. The van der Waals surface area contributed by atoms with Crippen molar-refractivity contribution in [2.24, 2.45) is 0 Å². The average Bonchev–Trinajstić information content (AvgIpc) is 2.19. The Kier molecular flexibility index (Phi) is 2.36. The number of nitrogens with one attached hydrogen (secondary N) is 1. The molecular weight excluding hydrogens is 186 g/mol. The fourth-order valence-electron chi connectivity index (χ4n) is 1.44. The number of aromatic amines is 1. The molecule has 6 nitrogen and oxygen atoms in total. The second-order valence-electron chi connectivity index (χ2n) is 3.00. The van der Waals surface area contributed by atoms with Crippen LogP contribution in [0.4, 0.5) is 0 Å². The smallest absolute Gasteiger partial charge is 0.347 e. The number of morpholine rings is 1. The molecule has 0 unspecified atom stereocenters. The summed E-state index contributed by atoms with van der Waals surface area (Å²) in [5, 5.41) is 1.69. The van der Waals surface area contributed by atoms with Crippen molar-refractivity contribution in [1.29, 1.82) is 0 Å². The van der Waals surface area contributed by atoms with Crippen LogP contribution in [0.15, 0.2) is 21.9 Å². The molecule has 0 atom stereocenters. The van der Waals surface area contributed by atoms with Crippen molar-refractivity contribution in [3.8, 4) is 0 Å². The van der Waals surface area contributed by atoms with Gasteiger partial charge in [0.25, 0.3) is 5.56 Å². The predicted octanol–water partition coefficient (Wildman–Crippen LogP) is -1.50. The molecule has 1 aliphatic rings. The molecule has 6 heteroatoms. The third-order valence-electron chi connectivity index (χ3n) is 2.10. The summed E-state index contributed by atoms with van der Waals surface area (Å²) in [6, 6.07) is 1.33. The Bertz CT molecular complexity index is 388. The van der Waals surface area contributed by atoms with Crippen LogP contribution in [0.25, 0.3) is 0 Å². The number of H-pyrrole nitrogens is 1. The van der Waals surface area contributed by atoms with Gasteiger partial charge in [0.15, 0.2) is 0 Å². The summed E-state index contributed by atoms with van der Waals surface area (Å²) < 4.78 is 6.25. The van der Waals surface area contributed by atoms with Gasteiger partial charge in [-0.05, 0) is 0 Å². The molecule has 1 aromatic heterocycles. The highest BCUT2D eigenvalue weighted by molar-refractivity contribution is 4.93. The maximum Gasteiger partial charge on any atom is 0.347 e. The van der Waals surface area contributed by atoms with Crippen molar-refractivity contribution < 1.29 is 4.74 Å². The van der Waals surface area contributed by atoms with Crippen molar-refractivity contribution in [3.63, 3.8) is 0 Å². The van der Waals surface area contributed by atoms with Gasteiger partial charge in [0.05, 0.1) is 26.3 Å². The third-order valence-corrected chi connectivity index (χ3v) is 2.10. The van der Waals surface area contributed by atoms with E-state index in [9.17, 15) is 9.59 Å². The van der Waals surface area contributed by atoms with Gasteiger partial charge in [-0.25, -0.2) is 4.79 Å². The van der Waals surface area contributed by atoms with E-state index >= 15 is 0 Å². The lowest BCUT2D eigenvalue weighted by Gasteiger charge is -2.28. The van der Waals surface area contributed by atoms with E-state index in [4.69, 9.17) is 4.74 Å². The first-order valence-corrected chi connectivity index (χ1v) is 4.43. The molecule has 0 spiro atoms. The number of aromatic nitrogens is 2. The van der Waals surface area contributed by atoms with Gasteiger partial charge in [-0.15, -0.1) is 0 Å².